The molecule has 0 aliphatic carbocycles. The highest BCUT2D eigenvalue weighted by molar-refractivity contribution is 7.89. The lowest BCUT2D eigenvalue weighted by Gasteiger charge is -2.12. The highest BCUT2D eigenvalue weighted by Gasteiger charge is 2.20. The van der Waals surface area contributed by atoms with Crippen molar-refractivity contribution in [1.29, 1.82) is 0 Å². The third-order valence-electron chi connectivity index (χ3n) is 3.95. The molecule has 1 N–H and O–H groups in total. The maximum atomic E-state index is 12.3. The lowest BCUT2D eigenvalue weighted by molar-refractivity contribution is -0.385. The summed E-state index contributed by atoms with van der Waals surface area (Å²) >= 11 is 0. The van der Waals surface area contributed by atoms with Gasteiger partial charge in [0.2, 0.25) is 20.0 Å². The van der Waals surface area contributed by atoms with E-state index in [2.05, 4.69) is 4.72 Å². The minimum absolute atomic E-state index is 0.0209. The van der Waals surface area contributed by atoms with Crippen LogP contribution in [0.1, 0.15) is 5.56 Å². The third kappa shape index (κ3) is 5.50. The van der Waals surface area contributed by atoms with Gasteiger partial charge in [-0.3, -0.25) is 10.1 Å². The quantitative estimate of drug-likeness (QED) is 0.352. The fraction of sp³-hybridized carbons (Fsp3) is 0.294. The number of nitro benzene ring substituents is 1. The zero-order chi connectivity index (χ0) is 21.8. The van der Waals surface area contributed by atoms with Crippen LogP contribution in [0.4, 0.5) is 5.69 Å². The van der Waals surface area contributed by atoms with Gasteiger partial charge in [0.1, 0.15) is 12.4 Å². The summed E-state index contributed by atoms with van der Waals surface area (Å²) in [5.41, 5.74) is 0.0777. The van der Waals surface area contributed by atoms with E-state index in [1.54, 1.807) is 0 Å². The van der Waals surface area contributed by atoms with Gasteiger partial charge in [-0.05, 0) is 37.3 Å². The van der Waals surface area contributed by atoms with Crippen LogP contribution in [0.3, 0.4) is 0 Å². The molecule has 2 aromatic rings. The number of benzene rings is 2. The molecule has 29 heavy (non-hydrogen) atoms. The molecule has 0 bridgehead atoms. The third-order valence-corrected chi connectivity index (χ3v) is 7.24. The van der Waals surface area contributed by atoms with Gasteiger partial charge in [0.25, 0.3) is 5.69 Å². The smallest absolute Gasteiger partial charge is 0.273 e. The van der Waals surface area contributed by atoms with E-state index in [1.165, 1.54) is 57.4 Å². The lowest BCUT2D eigenvalue weighted by atomic mass is 10.2. The Morgan fingerprint density at radius 3 is 2.17 bits per heavy atom. The van der Waals surface area contributed by atoms with E-state index >= 15 is 0 Å². The molecule has 0 unspecified atom stereocenters. The molecular formula is C17H21N3O7S2. The lowest BCUT2D eigenvalue weighted by Crippen LogP contribution is -2.28. The van der Waals surface area contributed by atoms with Gasteiger partial charge < -0.3 is 4.74 Å². The van der Waals surface area contributed by atoms with Crippen molar-refractivity contribution in [1.82, 2.24) is 9.03 Å². The van der Waals surface area contributed by atoms with Crippen LogP contribution >= 0.6 is 0 Å². The summed E-state index contributed by atoms with van der Waals surface area (Å²) in [7, 11) is -4.64. The minimum Gasteiger partial charge on any atom is -0.492 e. The molecule has 2 rings (SSSR count). The molecule has 2 aromatic carbocycles. The van der Waals surface area contributed by atoms with Crippen molar-refractivity contribution in [3.63, 3.8) is 0 Å². The van der Waals surface area contributed by atoms with Gasteiger partial charge in [-0.2, -0.15) is 0 Å². The van der Waals surface area contributed by atoms with Gasteiger partial charge in [0, 0.05) is 32.3 Å². The minimum atomic E-state index is -3.94. The Balaban J connectivity index is 1.96. The van der Waals surface area contributed by atoms with E-state index in [0.29, 0.717) is 11.3 Å². The molecule has 0 atom stereocenters. The van der Waals surface area contributed by atoms with Gasteiger partial charge >= 0.3 is 0 Å². The molecule has 0 amide bonds. The number of hydrogen-bond donors (Lipinski definition) is 1. The fourth-order valence-electron chi connectivity index (χ4n) is 2.30. The predicted molar refractivity (Wildman–Crippen MR) is 106 cm³/mol. The molecule has 0 heterocycles. The monoisotopic (exact) mass is 443 g/mol. The van der Waals surface area contributed by atoms with Gasteiger partial charge in [-0.15, -0.1) is 0 Å². The molecule has 0 aliphatic rings. The first-order valence-electron chi connectivity index (χ1n) is 8.35. The van der Waals surface area contributed by atoms with Gasteiger partial charge in [0.15, 0.2) is 0 Å². The van der Waals surface area contributed by atoms with Crippen LogP contribution in [0.2, 0.25) is 0 Å². The largest absolute Gasteiger partial charge is 0.492 e. The number of nitro groups is 1. The first-order chi connectivity index (χ1) is 13.4. The molecule has 158 valence electrons. The predicted octanol–water partition coefficient (Wildman–Crippen LogP) is 1.51. The van der Waals surface area contributed by atoms with Gasteiger partial charge in [-0.25, -0.2) is 25.9 Å². The number of rotatable bonds is 9. The first kappa shape index (κ1) is 22.7. The van der Waals surface area contributed by atoms with Crippen LogP contribution in [0.15, 0.2) is 52.3 Å². The Hall–Kier alpha value is -2.54. The van der Waals surface area contributed by atoms with E-state index in [9.17, 15) is 26.9 Å². The van der Waals surface area contributed by atoms with Crippen molar-refractivity contribution in [2.24, 2.45) is 0 Å². The summed E-state index contributed by atoms with van der Waals surface area (Å²) in [6, 6.07) is 9.37. The van der Waals surface area contributed by atoms with Crippen LogP contribution in [-0.2, 0) is 20.0 Å². The second kappa shape index (κ2) is 8.86. The second-order valence-corrected chi connectivity index (χ2v) is 10.1. The van der Waals surface area contributed by atoms with Crippen LogP contribution < -0.4 is 9.46 Å². The number of sulfonamides is 2. The molecule has 0 aromatic heterocycles. The number of hydrogen-bond acceptors (Lipinski definition) is 7. The van der Waals surface area contributed by atoms with Crippen molar-refractivity contribution < 1.29 is 26.5 Å². The van der Waals surface area contributed by atoms with Crippen molar-refractivity contribution in [2.75, 3.05) is 27.2 Å². The average Bonchev–Trinajstić information content (AvgIpc) is 2.65. The van der Waals surface area contributed by atoms with Crippen LogP contribution in [-0.4, -0.2) is 53.3 Å². The molecule has 0 saturated carbocycles. The van der Waals surface area contributed by atoms with Crippen molar-refractivity contribution in [2.45, 2.75) is 16.7 Å². The Labute approximate surface area is 169 Å². The second-order valence-electron chi connectivity index (χ2n) is 6.21. The Bertz CT molecular complexity index is 1100. The van der Waals surface area contributed by atoms with Crippen LogP contribution in [0.25, 0.3) is 0 Å². The zero-order valence-electron chi connectivity index (χ0n) is 16.0. The van der Waals surface area contributed by atoms with Crippen molar-refractivity contribution in [3.8, 4) is 5.75 Å². The SMILES string of the molecule is Cc1ccc(S(=O)(=O)NCCOc2ccc(S(=O)(=O)N(C)C)cc2)cc1[N+](=O)[O-]. The Morgan fingerprint density at radius 2 is 1.62 bits per heavy atom. The summed E-state index contributed by atoms with van der Waals surface area (Å²) in [4.78, 5) is 10.2. The maximum Gasteiger partial charge on any atom is 0.273 e. The van der Waals surface area contributed by atoms with E-state index in [4.69, 9.17) is 4.74 Å². The molecule has 0 saturated heterocycles. The molecule has 0 radical (unpaired) electrons. The summed E-state index contributed by atoms with van der Waals surface area (Å²) in [6.07, 6.45) is 0. The Morgan fingerprint density at radius 1 is 1.03 bits per heavy atom. The highest BCUT2D eigenvalue weighted by Crippen LogP contribution is 2.22. The average molecular weight is 444 g/mol. The van der Waals surface area contributed by atoms with E-state index in [0.717, 1.165) is 10.4 Å². The zero-order valence-corrected chi connectivity index (χ0v) is 17.7. The fourth-order valence-corrected chi connectivity index (χ4v) is 4.23. The highest BCUT2D eigenvalue weighted by atomic mass is 32.2. The number of aryl methyl sites for hydroxylation is 1. The molecule has 12 heteroatoms. The summed E-state index contributed by atoms with van der Waals surface area (Å²) in [5.74, 6) is 0.368. The number of nitrogens with zero attached hydrogens (tertiary/aromatic N) is 2. The number of ether oxygens (including phenoxy) is 1. The summed E-state index contributed by atoms with van der Waals surface area (Å²) in [5, 5.41) is 11.0. The van der Waals surface area contributed by atoms with Gasteiger partial charge in [-0.1, -0.05) is 6.07 Å². The summed E-state index contributed by atoms with van der Waals surface area (Å²) < 4.78 is 57.4. The first-order valence-corrected chi connectivity index (χ1v) is 11.3. The van der Waals surface area contributed by atoms with E-state index in [1.807, 2.05) is 0 Å². The summed E-state index contributed by atoms with van der Waals surface area (Å²) in [6.45, 7) is 1.42. The molecule has 0 spiro atoms. The van der Waals surface area contributed by atoms with E-state index < -0.39 is 25.0 Å². The molecule has 0 fully saturated rings. The van der Waals surface area contributed by atoms with Crippen molar-refractivity contribution >= 4 is 25.7 Å². The standard InChI is InChI=1S/C17H21N3O7S2/c1-13-4-7-16(12-17(13)20(21)22)28(23,24)18-10-11-27-14-5-8-15(9-6-14)29(25,26)19(2)3/h4-9,12,18H,10-11H2,1-3H3. The maximum absolute atomic E-state index is 12.3. The molecular weight excluding hydrogens is 422 g/mol. The normalized spacial score (nSPS) is 12.1. The van der Waals surface area contributed by atoms with Crippen molar-refractivity contribution in [3.05, 3.63) is 58.1 Å². The van der Waals surface area contributed by atoms with Crippen LogP contribution in [0.5, 0.6) is 5.75 Å². The van der Waals surface area contributed by atoms with Crippen LogP contribution in [0, 0.1) is 17.0 Å². The number of nitrogens with one attached hydrogen (secondary N) is 1. The molecule has 0 aliphatic heterocycles. The topological polar surface area (TPSA) is 136 Å². The molecule has 10 nitrogen and oxygen atoms in total. The van der Waals surface area contributed by atoms with Gasteiger partial charge in [0.05, 0.1) is 14.7 Å². The van der Waals surface area contributed by atoms with E-state index in [-0.39, 0.29) is 28.6 Å². The Kier molecular flexibility index (Phi) is 6.95.